The molecule has 0 saturated carbocycles. The molecule has 3 aromatic heterocycles. The van der Waals surface area contributed by atoms with E-state index in [1.165, 1.54) is 4.40 Å². The average molecular weight is 306 g/mol. The summed E-state index contributed by atoms with van der Waals surface area (Å²) in [6.07, 6.45) is 5.08. The second-order valence-electron chi connectivity index (χ2n) is 5.13. The molecule has 0 saturated heterocycles. The van der Waals surface area contributed by atoms with Crippen molar-refractivity contribution in [1.29, 1.82) is 0 Å². The van der Waals surface area contributed by atoms with Crippen molar-refractivity contribution in [3.63, 3.8) is 0 Å². The van der Waals surface area contributed by atoms with Crippen LogP contribution in [0, 0.1) is 0 Å². The third-order valence-corrected chi connectivity index (χ3v) is 3.69. The molecule has 3 heterocycles. The second kappa shape index (κ2) is 5.24. The topological polar surface area (TPSA) is 72.3 Å². The van der Waals surface area contributed by atoms with E-state index in [-0.39, 0.29) is 5.69 Å². The second-order valence-corrected chi connectivity index (χ2v) is 5.13. The van der Waals surface area contributed by atoms with Gasteiger partial charge in [-0.1, -0.05) is 0 Å². The van der Waals surface area contributed by atoms with E-state index in [9.17, 15) is 4.79 Å². The predicted octanol–water partition coefficient (Wildman–Crippen LogP) is 2.64. The Hall–Kier alpha value is -3.15. The minimum absolute atomic E-state index is 0.219. The summed E-state index contributed by atoms with van der Waals surface area (Å²) < 4.78 is 6.95. The molecule has 6 heteroatoms. The molecule has 0 amide bonds. The van der Waals surface area contributed by atoms with Crippen LogP contribution in [0.1, 0.15) is 6.92 Å². The largest absolute Gasteiger partial charge is 0.494 e. The minimum Gasteiger partial charge on any atom is -0.494 e. The van der Waals surface area contributed by atoms with E-state index in [1.807, 2.05) is 31.2 Å². The molecule has 0 fully saturated rings. The fraction of sp³-hybridized carbons (Fsp3) is 0.118. The van der Waals surface area contributed by atoms with E-state index < -0.39 is 0 Å². The maximum absolute atomic E-state index is 12.2. The Labute approximate surface area is 131 Å². The number of hydrogen-bond donors (Lipinski definition) is 1. The van der Waals surface area contributed by atoms with E-state index in [1.54, 1.807) is 24.7 Å². The van der Waals surface area contributed by atoms with Crippen LogP contribution in [-0.2, 0) is 0 Å². The molecule has 114 valence electrons. The lowest BCUT2D eigenvalue weighted by Gasteiger charge is -2.02. The normalized spacial score (nSPS) is 11.2. The number of fused-ring (bicyclic) bond motifs is 3. The number of nitrogens with zero attached hydrogens (tertiary/aromatic N) is 3. The van der Waals surface area contributed by atoms with Crippen LogP contribution in [0.4, 0.5) is 0 Å². The number of aromatic nitrogens is 4. The van der Waals surface area contributed by atoms with Gasteiger partial charge in [0.15, 0.2) is 5.65 Å². The van der Waals surface area contributed by atoms with E-state index in [2.05, 4.69) is 15.0 Å². The summed E-state index contributed by atoms with van der Waals surface area (Å²) in [4.78, 5) is 23.8. The highest BCUT2D eigenvalue weighted by molar-refractivity contribution is 5.91. The molecule has 23 heavy (non-hydrogen) atoms. The molecule has 0 aliphatic heterocycles. The van der Waals surface area contributed by atoms with Crippen LogP contribution in [0.25, 0.3) is 27.8 Å². The van der Waals surface area contributed by atoms with E-state index in [0.717, 1.165) is 27.9 Å². The molecular formula is C17H14N4O2. The highest BCUT2D eigenvalue weighted by Crippen LogP contribution is 2.23. The standard InChI is InChI=1S/C17H14N4O2/c1-2-23-12-5-3-11(4-6-12)15-10-21-16(19-15)13-9-18-8-7-14(13)20-17(21)22/h3-10H,2H2,1H3,(H,20,22). The van der Waals surface area contributed by atoms with Crippen LogP contribution in [-0.4, -0.2) is 26.0 Å². The summed E-state index contributed by atoms with van der Waals surface area (Å²) in [6.45, 7) is 2.57. The smallest absolute Gasteiger partial charge is 0.331 e. The van der Waals surface area contributed by atoms with Crippen LogP contribution in [0.5, 0.6) is 5.75 Å². The Bertz CT molecular complexity index is 1050. The van der Waals surface area contributed by atoms with Crippen molar-refractivity contribution in [3.8, 4) is 17.0 Å². The maximum atomic E-state index is 12.2. The molecule has 0 radical (unpaired) electrons. The number of hydrogen-bond acceptors (Lipinski definition) is 4. The molecule has 0 aliphatic carbocycles. The van der Waals surface area contributed by atoms with Gasteiger partial charge >= 0.3 is 5.69 Å². The maximum Gasteiger partial charge on any atom is 0.331 e. The highest BCUT2D eigenvalue weighted by atomic mass is 16.5. The summed E-state index contributed by atoms with van der Waals surface area (Å²) in [5, 5.41) is 0.810. The molecule has 0 unspecified atom stereocenters. The van der Waals surface area contributed by atoms with Gasteiger partial charge in [-0.3, -0.25) is 9.38 Å². The lowest BCUT2D eigenvalue weighted by atomic mass is 10.2. The fourth-order valence-corrected chi connectivity index (χ4v) is 2.61. The number of rotatable bonds is 3. The van der Waals surface area contributed by atoms with Gasteiger partial charge in [0, 0.05) is 24.2 Å². The molecule has 0 atom stereocenters. The molecule has 4 aromatic rings. The molecule has 0 bridgehead atoms. The van der Waals surface area contributed by atoms with E-state index in [0.29, 0.717) is 12.3 Å². The number of H-pyrrole nitrogens is 1. The summed E-state index contributed by atoms with van der Waals surface area (Å²) in [5.41, 5.74) is 2.76. The quantitative estimate of drug-likeness (QED) is 0.631. The zero-order valence-corrected chi connectivity index (χ0v) is 12.5. The third kappa shape index (κ3) is 2.24. The summed E-state index contributed by atoms with van der Waals surface area (Å²) in [6, 6.07) is 9.42. The van der Waals surface area contributed by atoms with Crippen molar-refractivity contribution in [3.05, 3.63) is 59.4 Å². The monoisotopic (exact) mass is 306 g/mol. The molecule has 1 aromatic carbocycles. The van der Waals surface area contributed by atoms with Crippen LogP contribution < -0.4 is 10.4 Å². The Morgan fingerprint density at radius 3 is 2.83 bits per heavy atom. The van der Waals surface area contributed by atoms with Gasteiger partial charge in [-0.15, -0.1) is 0 Å². The van der Waals surface area contributed by atoms with Crippen molar-refractivity contribution in [2.75, 3.05) is 6.61 Å². The summed E-state index contributed by atoms with van der Waals surface area (Å²) >= 11 is 0. The van der Waals surface area contributed by atoms with Gasteiger partial charge in [0.2, 0.25) is 0 Å². The minimum atomic E-state index is -0.219. The van der Waals surface area contributed by atoms with Crippen LogP contribution in [0.15, 0.2) is 53.7 Å². The fourth-order valence-electron chi connectivity index (χ4n) is 2.61. The van der Waals surface area contributed by atoms with Gasteiger partial charge in [-0.2, -0.15) is 0 Å². The Kier molecular flexibility index (Phi) is 3.08. The molecule has 6 nitrogen and oxygen atoms in total. The lowest BCUT2D eigenvalue weighted by molar-refractivity contribution is 0.340. The summed E-state index contributed by atoms with van der Waals surface area (Å²) in [5.74, 6) is 0.813. The SMILES string of the molecule is CCOc1ccc(-c2cn3c(=O)[nH]c4ccncc4c3n2)cc1. The highest BCUT2D eigenvalue weighted by Gasteiger charge is 2.10. The first-order chi connectivity index (χ1) is 11.3. The van der Waals surface area contributed by atoms with Crippen molar-refractivity contribution in [1.82, 2.24) is 19.4 Å². The number of pyridine rings is 1. The van der Waals surface area contributed by atoms with Gasteiger partial charge < -0.3 is 9.72 Å². The number of aromatic amines is 1. The zero-order chi connectivity index (χ0) is 15.8. The van der Waals surface area contributed by atoms with Crippen molar-refractivity contribution in [2.45, 2.75) is 6.92 Å². The van der Waals surface area contributed by atoms with Crippen LogP contribution >= 0.6 is 0 Å². The molecule has 0 spiro atoms. The van der Waals surface area contributed by atoms with Crippen molar-refractivity contribution in [2.24, 2.45) is 0 Å². The molecule has 4 rings (SSSR count). The number of imidazole rings is 1. The number of nitrogens with one attached hydrogen (secondary N) is 1. The molecular weight excluding hydrogens is 292 g/mol. The first kappa shape index (κ1) is 13.5. The van der Waals surface area contributed by atoms with Gasteiger partial charge in [-0.25, -0.2) is 9.78 Å². The first-order valence-electron chi connectivity index (χ1n) is 7.34. The van der Waals surface area contributed by atoms with Crippen LogP contribution in [0.3, 0.4) is 0 Å². The van der Waals surface area contributed by atoms with Gasteiger partial charge in [0.25, 0.3) is 0 Å². The predicted molar refractivity (Wildman–Crippen MR) is 87.7 cm³/mol. The molecule has 1 N–H and O–H groups in total. The van der Waals surface area contributed by atoms with Gasteiger partial charge in [0.05, 0.1) is 23.2 Å². The van der Waals surface area contributed by atoms with Crippen LogP contribution in [0.2, 0.25) is 0 Å². The third-order valence-electron chi connectivity index (χ3n) is 3.69. The zero-order valence-electron chi connectivity index (χ0n) is 12.5. The number of ether oxygens (including phenoxy) is 1. The average Bonchev–Trinajstić information content (AvgIpc) is 3.02. The lowest BCUT2D eigenvalue weighted by Crippen LogP contribution is -2.15. The van der Waals surface area contributed by atoms with Crippen molar-refractivity contribution >= 4 is 16.6 Å². The Morgan fingerprint density at radius 1 is 1.22 bits per heavy atom. The van der Waals surface area contributed by atoms with Gasteiger partial charge in [-0.05, 0) is 37.3 Å². The van der Waals surface area contributed by atoms with Crippen molar-refractivity contribution < 1.29 is 4.74 Å². The van der Waals surface area contributed by atoms with Gasteiger partial charge in [0.1, 0.15) is 5.75 Å². The van der Waals surface area contributed by atoms with E-state index >= 15 is 0 Å². The first-order valence-corrected chi connectivity index (χ1v) is 7.34. The molecule has 0 aliphatic rings. The Balaban J connectivity index is 1.90. The number of benzene rings is 1. The van der Waals surface area contributed by atoms with E-state index in [4.69, 9.17) is 4.74 Å². The Morgan fingerprint density at radius 2 is 2.04 bits per heavy atom. The summed E-state index contributed by atoms with van der Waals surface area (Å²) in [7, 11) is 0.